The summed E-state index contributed by atoms with van der Waals surface area (Å²) in [5.41, 5.74) is 3.97. The number of benzene rings is 1. The number of fused-ring (bicyclic) bond motifs is 2. The number of hydrogen-bond donors (Lipinski definition) is 0. The molecule has 2 aromatic rings. The topological polar surface area (TPSA) is 32.5 Å². The maximum Gasteiger partial charge on any atom is 0.197 e. The van der Waals surface area contributed by atoms with Crippen LogP contribution >= 0.6 is 0 Å². The maximum atomic E-state index is 6.14. The van der Waals surface area contributed by atoms with Crippen LogP contribution in [0.15, 0.2) is 28.7 Å². The van der Waals surface area contributed by atoms with Crippen LogP contribution in [0.25, 0.3) is 0 Å². The van der Waals surface area contributed by atoms with E-state index in [2.05, 4.69) is 61.8 Å². The monoisotopic (exact) mass is 339 g/mol. The lowest BCUT2D eigenvalue weighted by Gasteiger charge is -2.43. The summed E-state index contributed by atoms with van der Waals surface area (Å²) in [5.74, 6) is 1.96. The summed E-state index contributed by atoms with van der Waals surface area (Å²) in [6, 6.07) is 9.35. The second kappa shape index (κ2) is 6.17. The van der Waals surface area contributed by atoms with Crippen molar-refractivity contribution in [2.45, 2.75) is 71.6 Å². The van der Waals surface area contributed by atoms with E-state index >= 15 is 0 Å². The Labute approximate surface area is 150 Å². The van der Waals surface area contributed by atoms with E-state index in [1.165, 1.54) is 24.1 Å². The number of hydrogen-bond acceptors (Lipinski definition) is 4. The Balaban J connectivity index is 1.53. The Morgan fingerprint density at radius 1 is 1.20 bits per heavy atom. The summed E-state index contributed by atoms with van der Waals surface area (Å²) in [6.45, 7) is 12.0. The van der Waals surface area contributed by atoms with Crippen molar-refractivity contribution in [3.63, 3.8) is 0 Å². The second-order valence-electron chi connectivity index (χ2n) is 8.35. The van der Waals surface area contributed by atoms with Gasteiger partial charge in [0.15, 0.2) is 5.89 Å². The average molecular weight is 339 g/mol. The Morgan fingerprint density at radius 2 is 2.00 bits per heavy atom. The normalized spacial score (nSPS) is 17.9. The van der Waals surface area contributed by atoms with Crippen LogP contribution in [0.2, 0.25) is 0 Å². The predicted octanol–water partition coefficient (Wildman–Crippen LogP) is 4.17. The lowest BCUT2D eigenvalue weighted by Crippen LogP contribution is -2.48. The van der Waals surface area contributed by atoms with Crippen molar-refractivity contribution in [2.24, 2.45) is 0 Å². The lowest BCUT2D eigenvalue weighted by atomic mass is 9.92. The SMILES string of the molecule is CC(C)N1Cc2nc(CC(C)(C)N3CCCc4ccccc43)oc2C1. The largest absolute Gasteiger partial charge is 0.444 e. The standard InChI is InChI=1S/C21H29N3O/c1-15(2)23-13-17-19(14-23)25-20(22-17)12-21(3,4)24-11-7-9-16-8-5-6-10-18(16)24/h5-6,8,10,15H,7,9,11-14H2,1-4H3. The fourth-order valence-corrected chi connectivity index (χ4v) is 4.19. The summed E-state index contributed by atoms with van der Waals surface area (Å²) in [6.07, 6.45) is 3.24. The number of anilines is 1. The fourth-order valence-electron chi connectivity index (χ4n) is 4.19. The van der Waals surface area contributed by atoms with Crippen LogP contribution in [0.1, 0.15) is 57.0 Å². The molecule has 25 heavy (non-hydrogen) atoms. The first-order valence-electron chi connectivity index (χ1n) is 9.51. The van der Waals surface area contributed by atoms with Gasteiger partial charge in [-0.3, -0.25) is 4.90 Å². The van der Waals surface area contributed by atoms with Gasteiger partial charge in [-0.05, 0) is 52.2 Å². The molecule has 0 atom stereocenters. The maximum absolute atomic E-state index is 6.14. The molecule has 0 fully saturated rings. The number of rotatable bonds is 4. The zero-order valence-electron chi connectivity index (χ0n) is 15.9. The van der Waals surface area contributed by atoms with E-state index in [0.29, 0.717) is 6.04 Å². The average Bonchev–Trinajstić information content (AvgIpc) is 3.12. The molecule has 3 heterocycles. The molecule has 1 aromatic heterocycles. The Bertz CT molecular complexity index is 739. The molecule has 0 amide bonds. The van der Waals surface area contributed by atoms with Crippen molar-refractivity contribution in [3.8, 4) is 0 Å². The van der Waals surface area contributed by atoms with Crippen molar-refractivity contribution in [3.05, 3.63) is 47.2 Å². The Morgan fingerprint density at radius 3 is 2.76 bits per heavy atom. The molecular formula is C21H29N3O. The highest BCUT2D eigenvalue weighted by Gasteiger charge is 2.34. The molecule has 1 aromatic carbocycles. The van der Waals surface area contributed by atoms with Gasteiger partial charge in [0.25, 0.3) is 0 Å². The van der Waals surface area contributed by atoms with Gasteiger partial charge in [-0.1, -0.05) is 18.2 Å². The number of oxazole rings is 1. The van der Waals surface area contributed by atoms with Gasteiger partial charge in [-0.15, -0.1) is 0 Å². The molecule has 4 rings (SSSR count). The van der Waals surface area contributed by atoms with E-state index in [-0.39, 0.29) is 5.54 Å². The third-order valence-electron chi connectivity index (χ3n) is 5.68. The minimum atomic E-state index is -0.00709. The fraction of sp³-hybridized carbons (Fsp3) is 0.571. The minimum absolute atomic E-state index is 0.00709. The van der Waals surface area contributed by atoms with E-state index < -0.39 is 0 Å². The molecule has 134 valence electrons. The highest BCUT2D eigenvalue weighted by atomic mass is 16.4. The van der Waals surface area contributed by atoms with Crippen molar-refractivity contribution in [2.75, 3.05) is 11.4 Å². The molecule has 0 N–H and O–H groups in total. The molecule has 0 bridgehead atoms. The number of aromatic nitrogens is 1. The van der Waals surface area contributed by atoms with Crippen LogP contribution in [0.4, 0.5) is 5.69 Å². The first kappa shape index (κ1) is 16.6. The number of para-hydroxylation sites is 1. The van der Waals surface area contributed by atoms with E-state index in [1.54, 1.807) is 0 Å². The van der Waals surface area contributed by atoms with Crippen LogP contribution in [0.3, 0.4) is 0 Å². The van der Waals surface area contributed by atoms with Crippen molar-refractivity contribution < 1.29 is 4.42 Å². The molecule has 0 radical (unpaired) electrons. The number of aryl methyl sites for hydroxylation is 1. The summed E-state index contributed by atoms with van der Waals surface area (Å²) < 4.78 is 6.14. The summed E-state index contributed by atoms with van der Waals surface area (Å²) in [5, 5.41) is 0. The molecule has 2 aliphatic rings. The van der Waals surface area contributed by atoms with Crippen LogP contribution in [0, 0.1) is 0 Å². The van der Waals surface area contributed by atoms with Gasteiger partial charge in [0.2, 0.25) is 0 Å². The van der Waals surface area contributed by atoms with Gasteiger partial charge in [0.05, 0.1) is 12.2 Å². The molecule has 2 aliphatic heterocycles. The smallest absolute Gasteiger partial charge is 0.197 e. The van der Waals surface area contributed by atoms with E-state index in [0.717, 1.165) is 43.4 Å². The Hall–Kier alpha value is -1.81. The Kier molecular flexibility index (Phi) is 4.11. The zero-order chi connectivity index (χ0) is 17.6. The minimum Gasteiger partial charge on any atom is -0.444 e. The highest BCUT2D eigenvalue weighted by molar-refractivity contribution is 5.57. The van der Waals surface area contributed by atoms with Crippen molar-refractivity contribution in [1.29, 1.82) is 0 Å². The van der Waals surface area contributed by atoms with Gasteiger partial charge in [-0.2, -0.15) is 0 Å². The lowest BCUT2D eigenvalue weighted by molar-refractivity contribution is 0.210. The van der Waals surface area contributed by atoms with Gasteiger partial charge in [0, 0.05) is 36.8 Å². The van der Waals surface area contributed by atoms with Crippen molar-refractivity contribution >= 4 is 5.69 Å². The predicted molar refractivity (Wildman–Crippen MR) is 101 cm³/mol. The molecule has 0 saturated heterocycles. The molecule has 4 nitrogen and oxygen atoms in total. The molecule has 0 spiro atoms. The number of nitrogens with zero attached hydrogens (tertiary/aromatic N) is 3. The molecular weight excluding hydrogens is 310 g/mol. The van der Waals surface area contributed by atoms with Crippen LogP contribution in [-0.2, 0) is 25.9 Å². The zero-order valence-corrected chi connectivity index (χ0v) is 15.9. The van der Waals surface area contributed by atoms with E-state index in [1.807, 2.05) is 0 Å². The van der Waals surface area contributed by atoms with Gasteiger partial charge >= 0.3 is 0 Å². The first-order valence-corrected chi connectivity index (χ1v) is 9.51. The van der Waals surface area contributed by atoms with Crippen LogP contribution in [-0.4, -0.2) is 28.0 Å². The molecule has 4 heteroatoms. The third-order valence-corrected chi connectivity index (χ3v) is 5.68. The van der Waals surface area contributed by atoms with E-state index in [9.17, 15) is 0 Å². The highest BCUT2D eigenvalue weighted by Crippen LogP contribution is 2.35. The second-order valence-corrected chi connectivity index (χ2v) is 8.35. The summed E-state index contributed by atoms with van der Waals surface area (Å²) in [7, 11) is 0. The third kappa shape index (κ3) is 3.08. The molecule has 0 aliphatic carbocycles. The van der Waals surface area contributed by atoms with E-state index in [4.69, 9.17) is 9.40 Å². The van der Waals surface area contributed by atoms with Gasteiger partial charge in [0.1, 0.15) is 5.76 Å². The van der Waals surface area contributed by atoms with Gasteiger partial charge in [-0.25, -0.2) is 4.98 Å². The molecule has 0 unspecified atom stereocenters. The van der Waals surface area contributed by atoms with Crippen LogP contribution in [0.5, 0.6) is 0 Å². The van der Waals surface area contributed by atoms with Crippen molar-refractivity contribution in [1.82, 2.24) is 9.88 Å². The quantitative estimate of drug-likeness (QED) is 0.837. The van der Waals surface area contributed by atoms with Crippen LogP contribution < -0.4 is 4.90 Å². The van der Waals surface area contributed by atoms with Gasteiger partial charge < -0.3 is 9.32 Å². The molecule has 0 saturated carbocycles. The summed E-state index contributed by atoms with van der Waals surface area (Å²) in [4.78, 5) is 9.77. The summed E-state index contributed by atoms with van der Waals surface area (Å²) >= 11 is 0. The first-order chi connectivity index (χ1) is 11.9.